The van der Waals surface area contributed by atoms with Crippen LogP contribution in [0, 0.1) is 0 Å². The van der Waals surface area contributed by atoms with Gasteiger partial charge in [0.1, 0.15) is 28.2 Å². The zero-order valence-corrected chi connectivity index (χ0v) is 16.0. The highest BCUT2D eigenvalue weighted by atomic mass is 35.5. The number of aliphatic hydroxyl groups is 1. The fraction of sp³-hybridized carbons (Fsp3) is 0.286. The molecule has 2 atom stereocenters. The van der Waals surface area contributed by atoms with Crippen LogP contribution in [0.2, 0.25) is 5.02 Å². The lowest BCUT2D eigenvalue weighted by Gasteiger charge is -2.24. The van der Waals surface area contributed by atoms with Gasteiger partial charge in [-0.3, -0.25) is 4.79 Å². The summed E-state index contributed by atoms with van der Waals surface area (Å²) in [6, 6.07) is 9.19. The largest absolute Gasteiger partial charge is 0.507 e. The Morgan fingerprint density at radius 2 is 1.96 bits per heavy atom. The Hall–Kier alpha value is -2.54. The standard InChI is InChI=1S/C21H20ClNO5/c1-23-7-6-12(14(23)10-24)19-15(25)8-16(26)20-17(27)9-18(28-21(19)20)11-4-2-3-5-13(11)22/h2-5,8-9,12,14,24-26H,6-7,10H2,1H3/t12-,14?/m1/s1. The summed E-state index contributed by atoms with van der Waals surface area (Å²) >= 11 is 6.26. The van der Waals surface area contributed by atoms with Gasteiger partial charge in [0.2, 0.25) is 0 Å². The predicted molar refractivity (Wildman–Crippen MR) is 107 cm³/mol. The maximum atomic E-state index is 12.8. The van der Waals surface area contributed by atoms with Gasteiger partial charge in [-0.05, 0) is 32.1 Å². The summed E-state index contributed by atoms with van der Waals surface area (Å²) in [4.78, 5) is 14.8. The van der Waals surface area contributed by atoms with Crippen molar-refractivity contribution >= 4 is 22.6 Å². The lowest BCUT2D eigenvalue weighted by molar-refractivity contribution is 0.172. The predicted octanol–water partition coefficient (Wildman–Crippen LogP) is 3.30. The van der Waals surface area contributed by atoms with E-state index in [0.717, 1.165) is 12.6 Å². The molecule has 2 aromatic carbocycles. The zero-order chi connectivity index (χ0) is 20.0. The summed E-state index contributed by atoms with van der Waals surface area (Å²) in [6.07, 6.45) is 0.676. The van der Waals surface area contributed by atoms with Gasteiger partial charge in [-0.15, -0.1) is 0 Å². The highest BCUT2D eigenvalue weighted by Crippen LogP contribution is 2.44. The smallest absolute Gasteiger partial charge is 0.197 e. The Morgan fingerprint density at radius 1 is 1.21 bits per heavy atom. The Morgan fingerprint density at radius 3 is 2.68 bits per heavy atom. The fourth-order valence-corrected chi connectivity index (χ4v) is 4.31. The van der Waals surface area contributed by atoms with Crippen molar-refractivity contribution in [2.45, 2.75) is 18.4 Å². The van der Waals surface area contributed by atoms with Gasteiger partial charge in [-0.25, -0.2) is 0 Å². The molecular weight excluding hydrogens is 382 g/mol. The first-order chi connectivity index (χ1) is 13.4. The van der Waals surface area contributed by atoms with Gasteiger partial charge in [-0.1, -0.05) is 23.7 Å². The van der Waals surface area contributed by atoms with Crippen LogP contribution in [0.5, 0.6) is 11.5 Å². The van der Waals surface area contributed by atoms with Crippen LogP contribution in [0.1, 0.15) is 17.9 Å². The highest BCUT2D eigenvalue weighted by Gasteiger charge is 2.36. The van der Waals surface area contributed by atoms with E-state index < -0.39 is 5.43 Å². The van der Waals surface area contributed by atoms with E-state index in [9.17, 15) is 20.1 Å². The number of aliphatic hydroxyl groups excluding tert-OH is 1. The maximum Gasteiger partial charge on any atom is 0.197 e. The van der Waals surface area contributed by atoms with E-state index in [1.165, 1.54) is 6.07 Å². The molecule has 3 aromatic rings. The van der Waals surface area contributed by atoms with Crippen molar-refractivity contribution in [1.29, 1.82) is 0 Å². The minimum absolute atomic E-state index is 0.00912. The number of halogens is 1. The number of rotatable bonds is 3. The van der Waals surface area contributed by atoms with E-state index >= 15 is 0 Å². The van der Waals surface area contributed by atoms with Crippen molar-refractivity contribution in [3.63, 3.8) is 0 Å². The van der Waals surface area contributed by atoms with Gasteiger partial charge >= 0.3 is 0 Å². The molecule has 2 heterocycles. The van der Waals surface area contributed by atoms with E-state index in [2.05, 4.69) is 0 Å². The number of aromatic hydroxyl groups is 2. The number of likely N-dealkylation sites (N-methyl/N-ethyl adjacent to an activating group) is 1. The molecule has 1 fully saturated rings. The third-order valence-electron chi connectivity index (χ3n) is 5.52. The second-order valence-electron chi connectivity index (χ2n) is 7.11. The van der Waals surface area contributed by atoms with E-state index in [4.69, 9.17) is 16.0 Å². The van der Waals surface area contributed by atoms with Crippen molar-refractivity contribution in [2.75, 3.05) is 20.2 Å². The van der Waals surface area contributed by atoms with E-state index in [1.807, 2.05) is 11.9 Å². The minimum atomic E-state index is -0.429. The number of phenols is 2. The van der Waals surface area contributed by atoms with Crippen LogP contribution in [-0.2, 0) is 0 Å². The molecule has 6 nitrogen and oxygen atoms in total. The van der Waals surface area contributed by atoms with Gasteiger partial charge < -0.3 is 24.6 Å². The normalized spacial score (nSPS) is 20.1. The molecule has 0 aliphatic carbocycles. The molecule has 1 aliphatic rings. The lowest BCUT2D eigenvalue weighted by Crippen LogP contribution is -2.32. The summed E-state index contributed by atoms with van der Waals surface area (Å²) in [7, 11) is 1.89. The topological polar surface area (TPSA) is 94.1 Å². The number of fused-ring (bicyclic) bond motifs is 1. The molecular formula is C21H20ClNO5. The van der Waals surface area contributed by atoms with Crippen LogP contribution in [-0.4, -0.2) is 46.5 Å². The molecule has 0 bridgehead atoms. The van der Waals surface area contributed by atoms with Crippen LogP contribution in [0.3, 0.4) is 0 Å². The summed E-state index contributed by atoms with van der Waals surface area (Å²) in [5.41, 5.74) is 0.655. The highest BCUT2D eigenvalue weighted by molar-refractivity contribution is 6.33. The first-order valence-corrected chi connectivity index (χ1v) is 9.38. The van der Waals surface area contributed by atoms with E-state index in [-0.39, 0.29) is 46.8 Å². The molecule has 28 heavy (non-hydrogen) atoms. The van der Waals surface area contributed by atoms with Gasteiger partial charge in [0.25, 0.3) is 0 Å². The van der Waals surface area contributed by atoms with Gasteiger partial charge in [-0.2, -0.15) is 0 Å². The Kier molecular flexibility index (Phi) is 4.79. The number of hydrogen-bond acceptors (Lipinski definition) is 6. The Labute approximate surface area is 166 Å². The number of hydrogen-bond donors (Lipinski definition) is 3. The maximum absolute atomic E-state index is 12.8. The van der Waals surface area contributed by atoms with Gasteiger partial charge in [0, 0.05) is 35.2 Å². The molecule has 1 saturated heterocycles. The van der Waals surface area contributed by atoms with Crippen molar-refractivity contribution < 1.29 is 19.7 Å². The van der Waals surface area contributed by atoms with Crippen molar-refractivity contribution in [1.82, 2.24) is 4.90 Å². The SMILES string of the molecule is CN1CC[C@@H](c2c(O)cc(O)c3c(=O)cc(-c4ccccc4Cl)oc23)C1CO. The third-order valence-corrected chi connectivity index (χ3v) is 5.85. The number of nitrogens with zero attached hydrogens (tertiary/aromatic N) is 1. The second kappa shape index (κ2) is 7.13. The average Bonchev–Trinajstić information content (AvgIpc) is 3.01. The second-order valence-corrected chi connectivity index (χ2v) is 7.52. The quantitative estimate of drug-likeness (QED) is 0.623. The number of phenolic OH excluding ortho intramolecular Hbond substituents is 2. The van der Waals surface area contributed by atoms with E-state index in [0.29, 0.717) is 22.6 Å². The lowest BCUT2D eigenvalue weighted by atomic mass is 9.89. The third kappa shape index (κ3) is 2.94. The molecule has 0 radical (unpaired) electrons. The molecule has 3 N–H and O–H groups in total. The first kappa shape index (κ1) is 18.8. The monoisotopic (exact) mass is 401 g/mol. The molecule has 7 heteroatoms. The van der Waals surface area contributed by atoms with Crippen LogP contribution in [0.4, 0.5) is 0 Å². The molecule has 1 aromatic heterocycles. The Bertz CT molecular complexity index is 1110. The molecule has 0 saturated carbocycles. The van der Waals surface area contributed by atoms with Crippen LogP contribution in [0.15, 0.2) is 45.6 Å². The molecule has 4 rings (SSSR count). The first-order valence-electron chi connectivity index (χ1n) is 9.01. The Balaban J connectivity index is 2.03. The van der Waals surface area contributed by atoms with Crippen LogP contribution >= 0.6 is 11.6 Å². The molecule has 0 spiro atoms. The van der Waals surface area contributed by atoms with Crippen molar-refractivity contribution in [2.24, 2.45) is 0 Å². The molecule has 1 unspecified atom stereocenters. The summed E-state index contributed by atoms with van der Waals surface area (Å²) < 4.78 is 6.04. The van der Waals surface area contributed by atoms with Crippen molar-refractivity contribution in [3.05, 3.63) is 57.2 Å². The van der Waals surface area contributed by atoms with Crippen LogP contribution < -0.4 is 5.43 Å². The fourth-order valence-electron chi connectivity index (χ4n) is 4.09. The molecule has 1 aliphatic heterocycles. The summed E-state index contributed by atoms with van der Waals surface area (Å²) in [5.74, 6) is -0.505. The molecule has 0 amide bonds. The number of likely N-dealkylation sites (tertiary alicyclic amines) is 1. The molecule has 146 valence electrons. The van der Waals surface area contributed by atoms with Crippen molar-refractivity contribution in [3.8, 4) is 22.8 Å². The zero-order valence-electron chi connectivity index (χ0n) is 15.2. The van der Waals surface area contributed by atoms with E-state index in [1.54, 1.807) is 24.3 Å². The summed E-state index contributed by atoms with van der Waals surface area (Å²) in [5, 5.41) is 31.2. The average molecular weight is 402 g/mol. The van der Waals surface area contributed by atoms with Crippen LogP contribution in [0.25, 0.3) is 22.3 Å². The number of benzene rings is 2. The minimum Gasteiger partial charge on any atom is -0.507 e. The van der Waals surface area contributed by atoms with Gasteiger partial charge in [0.15, 0.2) is 5.43 Å². The van der Waals surface area contributed by atoms with Gasteiger partial charge in [0.05, 0.1) is 11.6 Å². The summed E-state index contributed by atoms with van der Waals surface area (Å²) in [6.45, 7) is 0.629.